The number of ether oxygens (including phenoxy) is 2. The molecule has 0 saturated heterocycles. The zero-order chi connectivity index (χ0) is 14.4. The SMILES string of the molecule is O=C=Nc1cccc(OC(F)F)c1COc1cc[n-]n1.[Cd]. The van der Waals surface area contributed by atoms with E-state index in [0.29, 0.717) is 0 Å². The number of isocyanates is 1. The van der Waals surface area contributed by atoms with Crippen molar-refractivity contribution in [1.82, 2.24) is 10.2 Å². The fourth-order valence-electron chi connectivity index (χ4n) is 1.50. The van der Waals surface area contributed by atoms with Gasteiger partial charge in [-0.25, -0.2) is 4.79 Å². The van der Waals surface area contributed by atoms with Gasteiger partial charge in [-0.3, -0.25) is 0 Å². The molecule has 2 rings (SSSR count). The third-order valence-electron chi connectivity index (χ3n) is 2.29. The third-order valence-corrected chi connectivity index (χ3v) is 2.29. The van der Waals surface area contributed by atoms with E-state index in [2.05, 4.69) is 19.9 Å². The monoisotopic (exact) mass is 394 g/mol. The number of aliphatic imine (C=N–C) groups is 1. The minimum Gasteiger partial charge on any atom is -0.579 e. The van der Waals surface area contributed by atoms with Crippen molar-refractivity contribution in [2.45, 2.75) is 13.2 Å². The fourth-order valence-corrected chi connectivity index (χ4v) is 1.50. The largest absolute Gasteiger partial charge is 0.579 e. The van der Waals surface area contributed by atoms with Crippen molar-refractivity contribution >= 4 is 11.8 Å². The molecule has 0 saturated carbocycles. The summed E-state index contributed by atoms with van der Waals surface area (Å²) in [5.74, 6) is 0.0916. The van der Waals surface area contributed by atoms with Crippen molar-refractivity contribution in [3.05, 3.63) is 36.0 Å². The first-order valence-electron chi connectivity index (χ1n) is 5.42. The van der Waals surface area contributed by atoms with Crippen LogP contribution in [0.25, 0.3) is 0 Å². The molecule has 9 heteroatoms. The number of halogens is 2. The van der Waals surface area contributed by atoms with Crippen molar-refractivity contribution in [3.8, 4) is 11.6 Å². The maximum atomic E-state index is 12.3. The molecule has 1 aromatic heterocycles. The predicted octanol–water partition coefficient (Wildman–Crippen LogP) is 2.18. The van der Waals surface area contributed by atoms with Gasteiger partial charge in [0, 0.05) is 27.3 Å². The van der Waals surface area contributed by atoms with Gasteiger partial charge in [0.15, 0.2) is 5.88 Å². The van der Waals surface area contributed by atoms with Crippen LogP contribution in [-0.4, -0.2) is 17.8 Å². The van der Waals surface area contributed by atoms with Crippen LogP contribution >= 0.6 is 0 Å². The van der Waals surface area contributed by atoms with Crippen molar-refractivity contribution in [3.63, 3.8) is 0 Å². The van der Waals surface area contributed by atoms with Gasteiger partial charge in [-0.15, -0.1) is 0 Å². The molecule has 1 aromatic carbocycles. The predicted molar refractivity (Wildman–Crippen MR) is 62.7 cm³/mol. The number of benzene rings is 1. The summed E-state index contributed by atoms with van der Waals surface area (Å²) in [5, 5.41) is 7.18. The topological polar surface area (TPSA) is 74.9 Å². The molecule has 0 radical (unpaired) electrons. The Balaban J connectivity index is 0.00000220. The van der Waals surface area contributed by atoms with Gasteiger partial charge in [0.2, 0.25) is 6.08 Å². The maximum absolute atomic E-state index is 12.3. The van der Waals surface area contributed by atoms with Gasteiger partial charge in [-0.2, -0.15) is 20.0 Å². The molecule has 0 atom stereocenters. The molecule has 0 unspecified atom stereocenters. The molecule has 2 aromatic rings. The molecule has 0 N–H and O–H groups in total. The summed E-state index contributed by atoms with van der Waals surface area (Å²) in [6.07, 6.45) is 2.76. The Morgan fingerprint density at radius 3 is 2.81 bits per heavy atom. The molecule has 0 aliphatic carbocycles. The van der Waals surface area contributed by atoms with E-state index in [-0.39, 0.29) is 56.8 Å². The Hall–Kier alpha value is -1.81. The van der Waals surface area contributed by atoms with Crippen LogP contribution in [0.2, 0.25) is 0 Å². The van der Waals surface area contributed by atoms with Gasteiger partial charge >= 0.3 is 6.61 Å². The molecule has 0 amide bonds. The van der Waals surface area contributed by atoms with E-state index in [1.807, 2.05) is 0 Å². The maximum Gasteiger partial charge on any atom is 0.387 e. The normalized spacial score (nSPS) is 9.67. The summed E-state index contributed by atoms with van der Waals surface area (Å²) in [5.41, 5.74) is 0.330. The number of aromatic nitrogens is 2. The van der Waals surface area contributed by atoms with Gasteiger partial charge in [0.1, 0.15) is 12.4 Å². The number of rotatable bonds is 6. The van der Waals surface area contributed by atoms with Crippen LogP contribution in [0.4, 0.5) is 14.5 Å². The van der Waals surface area contributed by atoms with Crippen molar-refractivity contribution in [2.24, 2.45) is 4.99 Å². The molecule has 0 bridgehead atoms. The summed E-state index contributed by atoms with van der Waals surface area (Å²) < 4.78 is 34.3. The van der Waals surface area contributed by atoms with E-state index in [1.54, 1.807) is 0 Å². The first-order chi connectivity index (χ1) is 9.70. The molecule has 0 aliphatic rings. The fraction of sp³-hybridized carbons (Fsp3) is 0.167. The number of alkyl halides is 2. The summed E-state index contributed by atoms with van der Waals surface area (Å²) in [7, 11) is 0. The van der Waals surface area contributed by atoms with E-state index in [9.17, 15) is 13.6 Å². The van der Waals surface area contributed by atoms with E-state index < -0.39 is 6.61 Å². The molecular formula is C12H8CdF2N3O3-. The average Bonchev–Trinajstić information content (AvgIpc) is 2.91. The van der Waals surface area contributed by atoms with Crippen LogP contribution in [-0.2, 0) is 38.7 Å². The van der Waals surface area contributed by atoms with Gasteiger partial charge in [-0.05, 0) is 18.2 Å². The van der Waals surface area contributed by atoms with Gasteiger partial charge in [0.25, 0.3) is 0 Å². The third kappa shape index (κ3) is 4.90. The molecule has 21 heavy (non-hydrogen) atoms. The zero-order valence-corrected chi connectivity index (χ0v) is 14.7. The van der Waals surface area contributed by atoms with Crippen LogP contribution in [0.3, 0.4) is 0 Å². The molecule has 106 valence electrons. The summed E-state index contributed by atoms with van der Waals surface area (Å²) >= 11 is 0. The molecule has 6 nitrogen and oxygen atoms in total. The zero-order valence-electron chi connectivity index (χ0n) is 10.7. The molecular weight excluding hydrogens is 385 g/mol. The number of hydrogen-bond acceptors (Lipinski definition) is 5. The van der Waals surface area contributed by atoms with Gasteiger partial charge in [-0.1, -0.05) is 6.07 Å². The van der Waals surface area contributed by atoms with E-state index in [4.69, 9.17) is 4.74 Å². The second-order valence-electron chi connectivity index (χ2n) is 3.49. The smallest absolute Gasteiger partial charge is 0.387 e. The summed E-state index contributed by atoms with van der Waals surface area (Å²) in [6, 6.07) is 5.71. The summed E-state index contributed by atoms with van der Waals surface area (Å²) in [4.78, 5) is 13.8. The average molecular weight is 393 g/mol. The molecule has 0 aliphatic heterocycles. The first kappa shape index (κ1) is 17.2. The Kier molecular flexibility index (Phi) is 6.96. The minimum atomic E-state index is -3.00. The van der Waals surface area contributed by atoms with Crippen molar-refractivity contribution in [1.29, 1.82) is 0 Å². The van der Waals surface area contributed by atoms with Crippen molar-refractivity contribution < 1.29 is 50.3 Å². The molecule has 0 spiro atoms. The Labute approximate surface area is 138 Å². The quantitative estimate of drug-likeness (QED) is 0.428. The number of carbonyl (C=O) groups excluding carboxylic acids is 1. The standard InChI is InChI=1S/C12H8F2N3O3.Cd/c13-12(14)20-10-3-1-2-9(15-7-18)8(10)6-19-11-4-5-16-17-11;/h1-5,12H,6H2;/q-1;. The van der Waals surface area contributed by atoms with Crippen LogP contribution < -0.4 is 14.6 Å². The van der Waals surface area contributed by atoms with Gasteiger partial charge in [0.05, 0.1) is 11.3 Å². The Morgan fingerprint density at radius 1 is 1.38 bits per heavy atom. The second-order valence-corrected chi connectivity index (χ2v) is 3.49. The van der Waals surface area contributed by atoms with Crippen LogP contribution in [0.1, 0.15) is 5.56 Å². The number of nitrogens with zero attached hydrogens (tertiary/aromatic N) is 3. The van der Waals surface area contributed by atoms with E-state index >= 15 is 0 Å². The van der Waals surface area contributed by atoms with Crippen LogP contribution in [0, 0.1) is 0 Å². The van der Waals surface area contributed by atoms with Crippen LogP contribution in [0.15, 0.2) is 35.5 Å². The minimum absolute atomic E-state index is 0. The Morgan fingerprint density at radius 2 is 2.19 bits per heavy atom. The first-order valence-corrected chi connectivity index (χ1v) is 5.42. The van der Waals surface area contributed by atoms with Gasteiger partial charge < -0.3 is 19.7 Å². The summed E-state index contributed by atoms with van der Waals surface area (Å²) in [6.45, 7) is -3.15. The van der Waals surface area contributed by atoms with E-state index in [1.165, 1.54) is 36.5 Å². The van der Waals surface area contributed by atoms with E-state index in [0.717, 1.165) is 0 Å². The number of hydrogen-bond donors (Lipinski definition) is 0. The molecule has 0 fully saturated rings. The van der Waals surface area contributed by atoms with Crippen molar-refractivity contribution in [2.75, 3.05) is 0 Å². The Bertz CT molecular complexity index is 616. The second kappa shape index (κ2) is 8.47. The molecule has 1 heterocycles. The van der Waals surface area contributed by atoms with Crippen LogP contribution in [0.5, 0.6) is 11.6 Å².